The molecule has 0 atom stereocenters. The summed E-state index contributed by atoms with van der Waals surface area (Å²) < 4.78 is 13.3. The molecule has 0 saturated carbocycles. The largest absolute Gasteiger partial charge is 0.457 e. The minimum Gasteiger partial charge on any atom is -0.457 e. The predicted molar refractivity (Wildman–Crippen MR) is 147 cm³/mol. The van der Waals surface area contributed by atoms with Gasteiger partial charge in [-0.15, -0.1) is 0 Å². The van der Waals surface area contributed by atoms with Crippen molar-refractivity contribution >= 4 is 63.0 Å². The Bertz CT molecular complexity index is 1800. The number of rotatable bonds is 1. The lowest BCUT2D eigenvalue weighted by molar-refractivity contribution is 0.465. The van der Waals surface area contributed by atoms with Gasteiger partial charge in [-0.3, -0.25) is 0 Å². The lowest BCUT2D eigenvalue weighted by atomic mass is 10.0. The second kappa shape index (κ2) is 6.56. The first-order valence-corrected chi connectivity index (χ1v) is 13.7. The molecule has 3 nitrogen and oxygen atoms in total. The first-order valence-electron chi connectivity index (χ1n) is 12.2. The molecular formula is C32H18NO2Si. The molecule has 3 aliphatic rings. The average molecular weight is 477 g/mol. The third-order valence-corrected chi connectivity index (χ3v) is 10.6. The van der Waals surface area contributed by atoms with Crippen LogP contribution in [0.3, 0.4) is 0 Å². The van der Waals surface area contributed by atoms with Gasteiger partial charge in [-0.05, 0) is 47.2 Å². The molecule has 0 N–H and O–H groups in total. The molecule has 0 fully saturated rings. The van der Waals surface area contributed by atoms with E-state index in [2.05, 4.69) is 108 Å². The van der Waals surface area contributed by atoms with Gasteiger partial charge in [0.15, 0.2) is 8.80 Å². The Morgan fingerprint density at radius 2 is 1.00 bits per heavy atom. The van der Waals surface area contributed by atoms with E-state index >= 15 is 0 Å². The molecule has 3 heterocycles. The highest BCUT2D eigenvalue weighted by Crippen LogP contribution is 2.50. The molecule has 9 rings (SSSR count). The van der Waals surface area contributed by atoms with Crippen molar-refractivity contribution in [1.29, 1.82) is 0 Å². The fraction of sp³-hybridized carbons (Fsp3) is 0. The van der Waals surface area contributed by atoms with Crippen molar-refractivity contribution in [3.05, 3.63) is 109 Å². The summed E-state index contributed by atoms with van der Waals surface area (Å²) in [5.74, 6) is 3.78. The fourth-order valence-corrected chi connectivity index (χ4v) is 9.42. The van der Waals surface area contributed by atoms with Crippen molar-refractivity contribution in [2.24, 2.45) is 0 Å². The number of nitrogens with zero attached hydrogens (tertiary/aromatic N) is 1. The maximum Gasteiger partial charge on any atom is 0.180 e. The van der Waals surface area contributed by atoms with E-state index in [0.29, 0.717) is 0 Å². The van der Waals surface area contributed by atoms with Gasteiger partial charge in [0.2, 0.25) is 0 Å². The summed E-state index contributed by atoms with van der Waals surface area (Å²) in [5.41, 5.74) is 3.61. The standard InChI is InChI=1S/C32H18NO2Si/c1-2-11-21(12-3-1)33-28-22-13-6-4-9-19(22)17-26-31(28)36-30-24(34-26)15-8-16-25(30)35-27-18-20-10-5-7-14-23(20)29(33)32(27)36/h1-18H. The normalized spacial score (nSPS) is 14.4. The van der Waals surface area contributed by atoms with Gasteiger partial charge < -0.3 is 14.4 Å². The van der Waals surface area contributed by atoms with Crippen LogP contribution in [0.5, 0.6) is 23.0 Å². The number of fused-ring (bicyclic) bond motifs is 4. The Labute approximate surface area is 209 Å². The molecule has 0 bridgehead atoms. The molecule has 0 amide bonds. The van der Waals surface area contributed by atoms with Crippen LogP contribution < -0.4 is 29.9 Å². The van der Waals surface area contributed by atoms with E-state index in [1.165, 1.54) is 48.5 Å². The lowest BCUT2D eigenvalue weighted by Crippen LogP contribution is -2.61. The predicted octanol–water partition coefficient (Wildman–Crippen LogP) is 6.50. The lowest BCUT2D eigenvalue weighted by Gasteiger charge is -2.44. The van der Waals surface area contributed by atoms with Gasteiger partial charge in [-0.25, -0.2) is 0 Å². The van der Waals surface area contributed by atoms with Crippen LogP contribution in [0.2, 0.25) is 0 Å². The van der Waals surface area contributed by atoms with Crippen LogP contribution in [0.4, 0.5) is 17.1 Å². The summed E-state index contributed by atoms with van der Waals surface area (Å²) in [7, 11) is -1.37. The van der Waals surface area contributed by atoms with E-state index in [9.17, 15) is 0 Å². The summed E-state index contributed by atoms with van der Waals surface area (Å²) >= 11 is 0. The topological polar surface area (TPSA) is 21.7 Å². The summed E-state index contributed by atoms with van der Waals surface area (Å²) in [6, 6.07) is 38.8. The molecule has 4 heteroatoms. The van der Waals surface area contributed by atoms with Gasteiger partial charge in [-0.2, -0.15) is 0 Å². The molecule has 0 aromatic heterocycles. The first kappa shape index (κ1) is 18.7. The van der Waals surface area contributed by atoms with Crippen LogP contribution in [0.15, 0.2) is 109 Å². The Morgan fingerprint density at radius 1 is 0.472 bits per heavy atom. The molecular weight excluding hydrogens is 458 g/mol. The zero-order valence-electron chi connectivity index (χ0n) is 19.2. The van der Waals surface area contributed by atoms with Gasteiger partial charge in [0.1, 0.15) is 23.0 Å². The second-order valence-corrected chi connectivity index (χ2v) is 11.8. The van der Waals surface area contributed by atoms with Crippen molar-refractivity contribution < 1.29 is 9.47 Å². The summed E-state index contributed by atoms with van der Waals surface area (Å²) in [6.07, 6.45) is 0. The molecule has 6 aromatic rings. The third kappa shape index (κ3) is 2.23. The van der Waals surface area contributed by atoms with Gasteiger partial charge in [0, 0.05) is 32.0 Å². The minimum absolute atomic E-state index is 0.924. The highest BCUT2D eigenvalue weighted by Gasteiger charge is 2.47. The van der Waals surface area contributed by atoms with Crippen LogP contribution >= 0.6 is 0 Å². The van der Waals surface area contributed by atoms with Crippen molar-refractivity contribution in [3.8, 4) is 23.0 Å². The molecule has 0 saturated heterocycles. The van der Waals surface area contributed by atoms with E-state index in [1.807, 2.05) is 6.07 Å². The summed E-state index contributed by atoms with van der Waals surface area (Å²) in [5, 5.41) is 8.71. The third-order valence-electron chi connectivity index (χ3n) is 7.61. The number of hydrogen-bond donors (Lipinski definition) is 0. The van der Waals surface area contributed by atoms with E-state index < -0.39 is 8.80 Å². The molecule has 0 aliphatic carbocycles. The first-order chi connectivity index (χ1) is 17.9. The molecule has 0 spiro atoms. The number of ether oxygens (including phenoxy) is 2. The van der Waals surface area contributed by atoms with Crippen molar-refractivity contribution in [3.63, 3.8) is 0 Å². The zero-order valence-corrected chi connectivity index (χ0v) is 20.2. The Balaban J connectivity index is 1.54. The van der Waals surface area contributed by atoms with E-state index in [1.54, 1.807) is 0 Å². The maximum absolute atomic E-state index is 6.65. The van der Waals surface area contributed by atoms with Crippen LogP contribution in [0.1, 0.15) is 0 Å². The van der Waals surface area contributed by atoms with E-state index in [0.717, 1.165) is 28.7 Å². The maximum atomic E-state index is 6.65. The van der Waals surface area contributed by atoms with Gasteiger partial charge in [-0.1, -0.05) is 72.8 Å². The number of para-hydroxylation sites is 1. The van der Waals surface area contributed by atoms with E-state index in [4.69, 9.17) is 9.47 Å². The summed E-state index contributed by atoms with van der Waals surface area (Å²) in [6.45, 7) is 0. The number of anilines is 3. The molecule has 6 aromatic carbocycles. The minimum atomic E-state index is -1.37. The monoisotopic (exact) mass is 476 g/mol. The van der Waals surface area contributed by atoms with Crippen molar-refractivity contribution in [1.82, 2.24) is 0 Å². The van der Waals surface area contributed by atoms with Crippen LogP contribution in [-0.2, 0) is 0 Å². The average Bonchev–Trinajstić information content (AvgIpc) is 2.93. The zero-order chi connectivity index (χ0) is 23.4. The van der Waals surface area contributed by atoms with E-state index in [-0.39, 0.29) is 0 Å². The highest BCUT2D eigenvalue weighted by atomic mass is 28.3. The quantitative estimate of drug-likeness (QED) is 0.252. The van der Waals surface area contributed by atoms with Crippen LogP contribution in [0, 0.1) is 0 Å². The fourth-order valence-electron chi connectivity index (χ4n) is 6.20. The molecule has 167 valence electrons. The molecule has 36 heavy (non-hydrogen) atoms. The van der Waals surface area contributed by atoms with Gasteiger partial charge >= 0.3 is 0 Å². The van der Waals surface area contributed by atoms with Crippen LogP contribution in [-0.4, -0.2) is 8.80 Å². The second-order valence-electron chi connectivity index (χ2n) is 9.52. The summed E-state index contributed by atoms with van der Waals surface area (Å²) in [4.78, 5) is 2.46. The number of hydrogen-bond acceptors (Lipinski definition) is 3. The van der Waals surface area contributed by atoms with Crippen molar-refractivity contribution in [2.45, 2.75) is 0 Å². The van der Waals surface area contributed by atoms with Gasteiger partial charge in [0.25, 0.3) is 0 Å². The molecule has 0 unspecified atom stereocenters. The highest BCUT2D eigenvalue weighted by molar-refractivity contribution is 7.01. The van der Waals surface area contributed by atoms with Gasteiger partial charge in [0.05, 0.1) is 11.4 Å². The Hall–Kier alpha value is -4.54. The van der Waals surface area contributed by atoms with Crippen LogP contribution in [0.25, 0.3) is 21.5 Å². The Kier molecular flexibility index (Phi) is 3.42. The Morgan fingerprint density at radius 3 is 1.58 bits per heavy atom. The SMILES string of the molecule is c1ccc(N2c3c4c(cc5ccccc35)Oc3cccc5c3[Si]4c3c(cc4ccccc4c32)O5)cc1. The van der Waals surface area contributed by atoms with Crippen molar-refractivity contribution in [2.75, 3.05) is 4.90 Å². The smallest absolute Gasteiger partial charge is 0.180 e. The molecule has 3 aliphatic heterocycles. The number of benzene rings is 6. The molecule has 1 radical (unpaired) electrons.